The molecule has 2 fully saturated rings. The van der Waals surface area contributed by atoms with E-state index in [1.54, 1.807) is 0 Å². The summed E-state index contributed by atoms with van der Waals surface area (Å²) in [6, 6.07) is -0.319. The first-order chi connectivity index (χ1) is 9.29. The summed E-state index contributed by atoms with van der Waals surface area (Å²) < 4.78 is 23.3. The largest absolute Gasteiger partial charge is 0.303 e. The number of rotatable bonds is 3. The lowest BCUT2D eigenvalue weighted by Crippen LogP contribution is -2.55. The molecule has 1 heterocycles. The predicted octanol–water partition coefficient (Wildman–Crippen LogP) is 0.0792. The van der Waals surface area contributed by atoms with Crippen LogP contribution in [0.25, 0.3) is 0 Å². The molecule has 1 N–H and O–H groups in total. The molecule has 6 nitrogen and oxygen atoms in total. The molecule has 2 aliphatic rings. The van der Waals surface area contributed by atoms with E-state index in [2.05, 4.69) is 5.32 Å². The van der Waals surface area contributed by atoms with E-state index >= 15 is 0 Å². The van der Waals surface area contributed by atoms with Gasteiger partial charge in [0.15, 0.2) is 0 Å². The number of likely N-dealkylation sites (N-methyl/N-ethyl adjacent to an activating group) is 1. The molecule has 0 aromatic heterocycles. The van der Waals surface area contributed by atoms with Crippen molar-refractivity contribution in [3.8, 4) is 0 Å². The molecule has 3 unspecified atom stereocenters. The Hall–Kier alpha value is -0.950. The molecule has 0 radical (unpaired) electrons. The Bertz CT molecular complexity index is 503. The van der Waals surface area contributed by atoms with Gasteiger partial charge in [-0.2, -0.15) is 0 Å². The van der Waals surface area contributed by atoms with Crippen molar-refractivity contribution in [3.63, 3.8) is 0 Å². The number of hydrogen-bond donors (Lipinski definition) is 1. The number of carbonyl (C=O) groups excluding carboxylic acids is 2. The Balaban J connectivity index is 1.96. The molecule has 1 saturated carbocycles. The molecule has 0 spiro atoms. The van der Waals surface area contributed by atoms with Crippen LogP contribution in [0, 0.1) is 0 Å². The van der Waals surface area contributed by atoms with E-state index in [1.165, 1.54) is 13.3 Å². The summed E-state index contributed by atoms with van der Waals surface area (Å²) in [6.07, 6.45) is 5.13. The number of nitrogens with one attached hydrogen (secondary N) is 1. The third-order valence-corrected chi connectivity index (χ3v) is 5.96. The van der Waals surface area contributed by atoms with Gasteiger partial charge in [0.05, 0.1) is 11.3 Å². The number of hydrogen-bond acceptors (Lipinski definition) is 5. The minimum atomic E-state index is -3.02. The summed E-state index contributed by atoms with van der Waals surface area (Å²) in [5.41, 5.74) is 0. The van der Waals surface area contributed by atoms with Crippen LogP contribution in [0.2, 0.25) is 0 Å². The summed E-state index contributed by atoms with van der Waals surface area (Å²) in [5.74, 6) is -0.353. The van der Waals surface area contributed by atoms with Gasteiger partial charge in [-0.3, -0.25) is 14.5 Å². The van der Waals surface area contributed by atoms with E-state index in [0.717, 1.165) is 17.7 Å². The van der Waals surface area contributed by atoms with Crippen LogP contribution in [-0.4, -0.2) is 55.8 Å². The van der Waals surface area contributed by atoms with Crippen LogP contribution < -0.4 is 5.32 Å². The molecule has 7 heteroatoms. The quantitative estimate of drug-likeness (QED) is 0.746. The molecule has 3 atom stereocenters. The van der Waals surface area contributed by atoms with Crippen LogP contribution in [0.1, 0.15) is 38.5 Å². The normalized spacial score (nSPS) is 32.5. The first kappa shape index (κ1) is 15.4. The summed E-state index contributed by atoms with van der Waals surface area (Å²) >= 11 is 0. The fourth-order valence-corrected chi connectivity index (χ4v) is 4.22. The van der Waals surface area contributed by atoms with Crippen molar-refractivity contribution < 1.29 is 18.0 Å². The van der Waals surface area contributed by atoms with Gasteiger partial charge in [0.2, 0.25) is 11.8 Å². The van der Waals surface area contributed by atoms with Gasteiger partial charge < -0.3 is 5.32 Å². The maximum Gasteiger partial charge on any atom is 0.246 e. The molecule has 1 saturated heterocycles. The SMILES string of the molecule is CN1C(=O)CCC(NC2CCCC(S(C)(=O)=O)C2)C1=O. The lowest BCUT2D eigenvalue weighted by atomic mass is 9.93. The van der Waals surface area contributed by atoms with Gasteiger partial charge in [0, 0.05) is 25.8 Å². The Morgan fingerprint density at radius 3 is 2.55 bits per heavy atom. The molecule has 0 aromatic carbocycles. The van der Waals surface area contributed by atoms with E-state index in [9.17, 15) is 18.0 Å². The number of nitrogens with zero attached hydrogens (tertiary/aromatic N) is 1. The van der Waals surface area contributed by atoms with Crippen molar-refractivity contribution in [2.24, 2.45) is 0 Å². The maximum absolute atomic E-state index is 12.0. The number of carbonyl (C=O) groups is 2. The Morgan fingerprint density at radius 1 is 1.20 bits per heavy atom. The van der Waals surface area contributed by atoms with Gasteiger partial charge in [0.1, 0.15) is 9.84 Å². The van der Waals surface area contributed by atoms with Crippen molar-refractivity contribution >= 4 is 21.7 Å². The highest BCUT2D eigenvalue weighted by Gasteiger charge is 2.35. The second-order valence-electron chi connectivity index (χ2n) is 5.86. The van der Waals surface area contributed by atoms with Crippen molar-refractivity contribution in [1.29, 1.82) is 0 Å². The molecular formula is C13H22N2O4S. The molecule has 20 heavy (non-hydrogen) atoms. The minimum absolute atomic E-state index is 0.0408. The van der Waals surface area contributed by atoms with Gasteiger partial charge in [-0.05, 0) is 25.7 Å². The van der Waals surface area contributed by atoms with E-state index in [1.807, 2.05) is 0 Å². The number of likely N-dealkylation sites (tertiary alicyclic amines) is 1. The average Bonchev–Trinajstić information content (AvgIpc) is 2.39. The Kier molecular flexibility index (Phi) is 4.49. The predicted molar refractivity (Wildman–Crippen MR) is 74.8 cm³/mol. The van der Waals surface area contributed by atoms with E-state index in [-0.39, 0.29) is 29.1 Å². The Labute approximate surface area is 119 Å². The van der Waals surface area contributed by atoms with E-state index < -0.39 is 9.84 Å². The highest BCUT2D eigenvalue weighted by Crippen LogP contribution is 2.25. The zero-order chi connectivity index (χ0) is 14.9. The van der Waals surface area contributed by atoms with Gasteiger partial charge in [0.25, 0.3) is 0 Å². The van der Waals surface area contributed by atoms with Crippen molar-refractivity contribution in [3.05, 3.63) is 0 Å². The lowest BCUT2D eigenvalue weighted by molar-refractivity contribution is -0.148. The third kappa shape index (κ3) is 3.38. The minimum Gasteiger partial charge on any atom is -0.303 e. The highest BCUT2D eigenvalue weighted by atomic mass is 32.2. The summed E-state index contributed by atoms with van der Waals surface area (Å²) in [4.78, 5) is 24.6. The molecule has 114 valence electrons. The van der Waals surface area contributed by atoms with Gasteiger partial charge in [-0.15, -0.1) is 0 Å². The molecular weight excluding hydrogens is 280 g/mol. The van der Waals surface area contributed by atoms with Gasteiger partial charge in [-0.1, -0.05) is 6.42 Å². The first-order valence-electron chi connectivity index (χ1n) is 7.04. The molecule has 0 bridgehead atoms. The van der Waals surface area contributed by atoms with Crippen LogP contribution in [0.4, 0.5) is 0 Å². The Morgan fingerprint density at radius 2 is 1.90 bits per heavy atom. The zero-order valence-corrected chi connectivity index (χ0v) is 12.8. The summed E-state index contributed by atoms with van der Waals surface area (Å²) in [5, 5.41) is 2.94. The standard InChI is InChI=1S/C13H22N2O4S/c1-15-12(16)7-6-11(13(15)17)14-9-4-3-5-10(8-9)20(2,18)19/h9-11,14H,3-8H2,1-2H3. The molecule has 1 aliphatic heterocycles. The van der Waals surface area contributed by atoms with Crippen LogP contribution in [0.15, 0.2) is 0 Å². The average molecular weight is 302 g/mol. The van der Waals surface area contributed by atoms with Crippen LogP contribution in [0.3, 0.4) is 0 Å². The van der Waals surface area contributed by atoms with Crippen LogP contribution >= 0.6 is 0 Å². The second-order valence-corrected chi connectivity index (χ2v) is 8.19. The van der Waals surface area contributed by atoms with E-state index in [4.69, 9.17) is 0 Å². The van der Waals surface area contributed by atoms with Gasteiger partial charge in [-0.25, -0.2) is 8.42 Å². The van der Waals surface area contributed by atoms with Crippen molar-refractivity contribution in [1.82, 2.24) is 10.2 Å². The molecule has 0 aromatic rings. The zero-order valence-electron chi connectivity index (χ0n) is 12.0. The lowest BCUT2D eigenvalue weighted by Gasteiger charge is -2.34. The highest BCUT2D eigenvalue weighted by molar-refractivity contribution is 7.91. The third-order valence-electron chi connectivity index (χ3n) is 4.32. The molecule has 1 aliphatic carbocycles. The summed E-state index contributed by atoms with van der Waals surface area (Å²) in [7, 11) is -1.52. The first-order valence-corrected chi connectivity index (χ1v) is 9.00. The van der Waals surface area contributed by atoms with Crippen LogP contribution in [0.5, 0.6) is 0 Å². The number of imide groups is 1. The maximum atomic E-state index is 12.0. The molecule has 2 amide bonds. The topological polar surface area (TPSA) is 83.6 Å². The summed E-state index contributed by atoms with van der Waals surface area (Å²) in [6.45, 7) is 0. The van der Waals surface area contributed by atoms with Crippen LogP contribution in [-0.2, 0) is 19.4 Å². The van der Waals surface area contributed by atoms with E-state index in [0.29, 0.717) is 25.7 Å². The number of sulfone groups is 1. The monoisotopic (exact) mass is 302 g/mol. The fourth-order valence-electron chi connectivity index (χ4n) is 3.04. The molecule has 2 rings (SSSR count). The van der Waals surface area contributed by atoms with Gasteiger partial charge >= 0.3 is 0 Å². The number of amides is 2. The van der Waals surface area contributed by atoms with Crippen molar-refractivity contribution in [2.75, 3.05) is 13.3 Å². The fraction of sp³-hybridized carbons (Fsp3) is 0.846. The second kappa shape index (κ2) is 5.81. The van der Waals surface area contributed by atoms with Crippen molar-refractivity contribution in [2.45, 2.75) is 55.9 Å². The smallest absolute Gasteiger partial charge is 0.246 e. The number of piperidine rings is 1.